The molecule has 0 fully saturated rings. The van der Waals surface area contributed by atoms with E-state index in [2.05, 4.69) is 5.32 Å². The lowest BCUT2D eigenvalue weighted by atomic mass is 10.3. The maximum Gasteiger partial charge on any atom is 0.359 e. The van der Waals surface area contributed by atoms with Crippen molar-refractivity contribution in [3.8, 4) is 0 Å². The molecule has 0 saturated carbocycles. The third-order valence-electron chi connectivity index (χ3n) is 2.30. The van der Waals surface area contributed by atoms with Crippen molar-refractivity contribution < 1.29 is 19.2 Å². The Bertz CT molecular complexity index is 239. The highest BCUT2D eigenvalue weighted by atomic mass is 16.4. The fraction of sp³-hybridized carbons (Fsp3) is 0.818. The first kappa shape index (κ1) is 14.9. The van der Waals surface area contributed by atoms with Gasteiger partial charge >= 0.3 is 5.97 Å². The van der Waals surface area contributed by atoms with Crippen molar-refractivity contribution in [1.82, 2.24) is 5.32 Å². The van der Waals surface area contributed by atoms with Gasteiger partial charge in [0.1, 0.15) is 0 Å². The molecular weight excluding hydrogens is 208 g/mol. The van der Waals surface area contributed by atoms with Crippen molar-refractivity contribution in [2.75, 3.05) is 33.7 Å². The van der Waals surface area contributed by atoms with Gasteiger partial charge in [0.2, 0.25) is 5.91 Å². The molecule has 0 aliphatic rings. The van der Waals surface area contributed by atoms with E-state index in [-0.39, 0.29) is 12.5 Å². The summed E-state index contributed by atoms with van der Waals surface area (Å²) in [6, 6.07) is 0. The molecule has 0 aromatic rings. The summed E-state index contributed by atoms with van der Waals surface area (Å²) in [5.41, 5.74) is 0. The van der Waals surface area contributed by atoms with Crippen LogP contribution in [-0.4, -0.2) is 55.2 Å². The van der Waals surface area contributed by atoms with Crippen LogP contribution in [-0.2, 0) is 9.59 Å². The van der Waals surface area contributed by atoms with Gasteiger partial charge in [-0.05, 0) is 6.42 Å². The number of likely N-dealkylation sites (N-methyl/N-ethyl adjacent to an activating group) is 1. The number of amides is 1. The third-order valence-corrected chi connectivity index (χ3v) is 2.30. The topological polar surface area (TPSA) is 66.4 Å². The van der Waals surface area contributed by atoms with E-state index in [0.29, 0.717) is 17.4 Å². The molecule has 0 saturated heterocycles. The second-order valence-corrected chi connectivity index (χ2v) is 4.66. The Kier molecular flexibility index (Phi) is 6.72. The summed E-state index contributed by atoms with van der Waals surface area (Å²) < 4.78 is 0.443. The molecular formula is C11H23N2O3+. The van der Waals surface area contributed by atoms with E-state index < -0.39 is 5.97 Å². The normalized spacial score (nSPS) is 11.2. The number of hydrogen-bond acceptors (Lipinski definition) is 2. The number of rotatable bonds is 8. The number of carboxylic acids is 1. The smallest absolute Gasteiger partial charge is 0.359 e. The Labute approximate surface area is 97.0 Å². The van der Waals surface area contributed by atoms with Crippen molar-refractivity contribution >= 4 is 11.9 Å². The molecule has 5 nitrogen and oxygen atoms in total. The van der Waals surface area contributed by atoms with Crippen molar-refractivity contribution in [2.45, 2.75) is 26.2 Å². The molecule has 0 aromatic carbocycles. The first-order valence-electron chi connectivity index (χ1n) is 5.68. The monoisotopic (exact) mass is 231 g/mol. The zero-order valence-electron chi connectivity index (χ0n) is 10.5. The average Bonchev–Trinajstić information content (AvgIpc) is 2.11. The Morgan fingerprint density at radius 2 is 1.94 bits per heavy atom. The van der Waals surface area contributed by atoms with E-state index in [1.807, 2.05) is 21.0 Å². The highest BCUT2D eigenvalue weighted by Crippen LogP contribution is 1.98. The molecule has 0 radical (unpaired) electrons. The summed E-state index contributed by atoms with van der Waals surface area (Å²) in [7, 11) is 3.75. The number of hydrogen-bond donors (Lipinski definition) is 2. The van der Waals surface area contributed by atoms with Gasteiger partial charge in [0.25, 0.3) is 0 Å². The summed E-state index contributed by atoms with van der Waals surface area (Å²) in [5.74, 6) is -0.717. The molecule has 0 aliphatic heterocycles. The number of carbonyl (C=O) groups excluding carboxylic acids is 1. The van der Waals surface area contributed by atoms with E-state index in [4.69, 9.17) is 5.11 Å². The van der Waals surface area contributed by atoms with Crippen LogP contribution in [0.5, 0.6) is 0 Å². The third kappa shape index (κ3) is 8.23. The largest absolute Gasteiger partial charge is 0.477 e. The Hall–Kier alpha value is -1.10. The first-order valence-corrected chi connectivity index (χ1v) is 5.68. The van der Waals surface area contributed by atoms with Crippen molar-refractivity contribution in [3.05, 3.63) is 0 Å². The number of quaternary nitrogens is 1. The molecule has 5 heteroatoms. The van der Waals surface area contributed by atoms with Crippen LogP contribution in [0, 0.1) is 0 Å². The molecule has 94 valence electrons. The van der Waals surface area contributed by atoms with Crippen LogP contribution >= 0.6 is 0 Å². The lowest BCUT2D eigenvalue weighted by molar-refractivity contribution is -0.883. The summed E-state index contributed by atoms with van der Waals surface area (Å²) >= 11 is 0. The minimum absolute atomic E-state index is 0.0750. The molecule has 2 N–H and O–H groups in total. The predicted octanol–water partition coefficient (Wildman–Crippen LogP) is 0.454. The van der Waals surface area contributed by atoms with Gasteiger partial charge in [-0.15, -0.1) is 0 Å². The second-order valence-electron chi connectivity index (χ2n) is 4.66. The number of carboxylic acid groups (broad SMARTS) is 1. The molecule has 1 amide bonds. The van der Waals surface area contributed by atoms with E-state index in [9.17, 15) is 9.59 Å². The second kappa shape index (κ2) is 7.22. The van der Waals surface area contributed by atoms with Gasteiger partial charge in [-0.25, -0.2) is 4.79 Å². The number of aliphatic carboxylic acids is 1. The van der Waals surface area contributed by atoms with Crippen LogP contribution in [0.1, 0.15) is 26.2 Å². The molecule has 0 aliphatic carbocycles. The summed E-state index contributed by atoms with van der Waals surface area (Å²) in [5, 5.41) is 11.5. The Morgan fingerprint density at radius 3 is 2.44 bits per heavy atom. The Morgan fingerprint density at radius 1 is 1.31 bits per heavy atom. The lowest BCUT2D eigenvalue weighted by Crippen LogP contribution is -2.45. The standard InChI is InChI=1S/C11H22N2O3/c1-4-6-10(14)12-7-5-8-13(2,3)9-11(15)16/h4-9H2,1-3H3,(H-,12,14,15,16)/p+1. The Balaban J connectivity index is 3.64. The van der Waals surface area contributed by atoms with Crippen molar-refractivity contribution in [2.24, 2.45) is 0 Å². The minimum Gasteiger partial charge on any atom is -0.477 e. The highest BCUT2D eigenvalue weighted by molar-refractivity contribution is 5.75. The molecule has 0 bridgehead atoms. The number of carbonyl (C=O) groups is 2. The fourth-order valence-electron chi connectivity index (χ4n) is 1.50. The van der Waals surface area contributed by atoms with Gasteiger partial charge in [-0.2, -0.15) is 0 Å². The van der Waals surface area contributed by atoms with Gasteiger partial charge in [-0.3, -0.25) is 4.79 Å². The van der Waals surface area contributed by atoms with Crippen molar-refractivity contribution in [1.29, 1.82) is 0 Å². The maximum absolute atomic E-state index is 11.1. The van der Waals surface area contributed by atoms with Crippen LogP contribution in [0.4, 0.5) is 0 Å². The molecule has 0 unspecified atom stereocenters. The minimum atomic E-state index is -0.792. The first-order chi connectivity index (χ1) is 7.37. The molecule has 0 heterocycles. The molecule has 16 heavy (non-hydrogen) atoms. The fourth-order valence-corrected chi connectivity index (χ4v) is 1.50. The van der Waals surface area contributed by atoms with Gasteiger partial charge < -0.3 is 14.9 Å². The van der Waals surface area contributed by atoms with Crippen LogP contribution in [0.3, 0.4) is 0 Å². The molecule has 0 atom stereocenters. The zero-order valence-corrected chi connectivity index (χ0v) is 10.5. The van der Waals surface area contributed by atoms with Gasteiger partial charge in [-0.1, -0.05) is 6.92 Å². The van der Waals surface area contributed by atoms with Crippen LogP contribution < -0.4 is 5.32 Å². The summed E-state index contributed by atoms with van der Waals surface area (Å²) in [4.78, 5) is 21.7. The van der Waals surface area contributed by atoms with Gasteiger partial charge in [0.15, 0.2) is 6.54 Å². The van der Waals surface area contributed by atoms with Crippen molar-refractivity contribution in [3.63, 3.8) is 0 Å². The van der Waals surface area contributed by atoms with E-state index >= 15 is 0 Å². The number of nitrogens with zero attached hydrogens (tertiary/aromatic N) is 1. The lowest BCUT2D eigenvalue weighted by Gasteiger charge is -2.27. The van der Waals surface area contributed by atoms with Crippen LogP contribution in [0.25, 0.3) is 0 Å². The highest BCUT2D eigenvalue weighted by Gasteiger charge is 2.18. The summed E-state index contributed by atoms with van der Waals surface area (Å²) in [6.07, 6.45) is 2.22. The van der Waals surface area contributed by atoms with Gasteiger partial charge in [0, 0.05) is 19.4 Å². The maximum atomic E-state index is 11.1. The molecule has 0 spiro atoms. The molecule has 0 rings (SSSR count). The van der Waals surface area contributed by atoms with E-state index in [1.165, 1.54) is 0 Å². The molecule has 0 aromatic heterocycles. The SMILES string of the molecule is CCCC(=O)NCCC[N+](C)(C)CC(=O)O. The zero-order chi connectivity index (χ0) is 12.6. The van der Waals surface area contributed by atoms with Gasteiger partial charge in [0.05, 0.1) is 20.6 Å². The van der Waals surface area contributed by atoms with E-state index in [1.54, 1.807) is 0 Å². The predicted molar refractivity (Wildman–Crippen MR) is 62.0 cm³/mol. The van der Waals surface area contributed by atoms with Crippen LogP contribution in [0.2, 0.25) is 0 Å². The quantitative estimate of drug-likeness (QED) is 0.471. The summed E-state index contributed by atoms with van der Waals surface area (Å²) in [6.45, 7) is 3.45. The average molecular weight is 231 g/mol. The van der Waals surface area contributed by atoms with E-state index in [0.717, 1.165) is 19.4 Å². The van der Waals surface area contributed by atoms with Crippen LogP contribution in [0.15, 0.2) is 0 Å². The number of nitrogens with one attached hydrogen (secondary N) is 1.